The highest BCUT2D eigenvalue weighted by Gasteiger charge is 2.49. The number of rotatable bonds is 14. The van der Waals surface area contributed by atoms with Crippen molar-refractivity contribution < 1.29 is 31.4 Å². The predicted molar refractivity (Wildman–Crippen MR) is 134 cm³/mol. The molecule has 0 aromatic carbocycles. The van der Waals surface area contributed by atoms with Gasteiger partial charge in [0.1, 0.15) is 6.61 Å². The molecule has 182 valence electrons. The quantitative estimate of drug-likeness (QED) is 0.157. The van der Waals surface area contributed by atoms with Gasteiger partial charge in [-0.05, 0) is 72.3 Å². The number of carbonyl (C=O) groups excluding carboxylic acids is 2. The summed E-state index contributed by atoms with van der Waals surface area (Å²) in [5.41, 5.74) is 0. The molecule has 0 bridgehead atoms. The summed E-state index contributed by atoms with van der Waals surface area (Å²) in [6.45, 7) is 21.5. The number of esters is 1. The molecule has 0 aromatic rings. The standard InChI is InChI=1S/C19H43NO7Si4/c1-11-13-18(21)23-16-14-20-19(22)24-15-12-17-31(25-28(2,3)4,26-29(5,6)7)27-30(8,9)10/h11,13H,12,14-17H2,1-10H3,(H,20,22). The second-order valence-electron chi connectivity index (χ2n) is 10.2. The van der Waals surface area contributed by atoms with Crippen LogP contribution in [0.25, 0.3) is 0 Å². The van der Waals surface area contributed by atoms with Crippen LogP contribution in [0, 0.1) is 0 Å². The maximum Gasteiger partial charge on any atom is 0.469 e. The van der Waals surface area contributed by atoms with E-state index >= 15 is 0 Å². The van der Waals surface area contributed by atoms with Crippen LogP contribution in [0.5, 0.6) is 0 Å². The monoisotopic (exact) mass is 509 g/mol. The second kappa shape index (κ2) is 13.1. The van der Waals surface area contributed by atoms with Crippen molar-refractivity contribution in [2.75, 3.05) is 19.8 Å². The van der Waals surface area contributed by atoms with Gasteiger partial charge in [-0.1, -0.05) is 6.08 Å². The molecular weight excluding hydrogens is 467 g/mol. The van der Waals surface area contributed by atoms with E-state index in [0.717, 1.165) is 0 Å². The van der Waals surface area contributed by atoms with Crippen molar-refractivity contribution in [1.29, 1.82) is 0 Å². The van der Waals surface area contributed by atoms with Gasteiger partial charge in [0.2, 0.25) is 0 Å². The molecule has 31 heavy (non-hydrogen) atoms. The summed E-state index contributed by atoms with van der Waals surface area (Å²) in [6.07, 6.45) is 2.96. The smallest absolute Gasteiger partial charge is 0.461 e. The Morgan fingerprint density at radius 1 is 0.774 bits per heavy atom. The Kier molecular flexibility index (Phi) is 12.7. The van der Waals surface area contributed by atoms with E-state index in [2.05, 4.69) is 64.2 Å². The van der Waals surface area contributed by atoms with Crippen molar-refractivity contribution in [2.45, 2.75) is 78.3 Å². The summed E-state index contributed by atoms with van der Waals surface area (Å²) in [6, 6.07) is 0.611. The maximum absolute atomic E-state index is 11.9. The molecule has 0 aliphatic heterocycles. The van der Waals surface area contributed by atoms with Crippen LogP contribution in [0.2, 0.25) is 65.0 Å². The van der Waals surface area contributed by atoms with Crippen LogP contribution in [0.15, 0.2) is 12.2 Å². The fourth-order valence-corrected chi connectivity index (χ4v) is 17.2. The summed E-state index contributed by atoms with van der Waals surface area (Å²) in [7, 11) is -8.68. The molecule has 0 rings (SSSR count). The average Bonchev–Trinajstić information content (AvgIpc) is 2.51. The Morgan fingerprint density at radius 3 is 1.68 bits per heavy atom. The number of amides is 1. The fourth-order valence-electron chi connectivity index (χ4n) is 2.61. The predicted octanol–water partition coefficient (Wildman–Crippen LogP) is 4.72. The lowest BCUT2D eigenvalue weighted by atomic mass is 10.5. The fraction of sp³-hybridized carbons (Fsp3) is 0.789. The number of ether oxygens (including phenoxy) is 2. The van der Waals surface area contributed by atoms with Crippen LogP contribution in [0.4, 0.5) is 4.79 Å². The molecule has 0 fully saturated rings. The highest BCUT2D eigenvalue weighted by molar-refractivity contribution is 6.90. The minimum absolute atomic E-state index is 0.0897. The van der Waals surface area contributed by atoms with Gasteiger partial charge in [0.05, 0.1) is 13.2 Å². The first-order valence-corrected chi connectivity index (χ1v) is 22.9. The minimum atomic E-state index is -2.92. The molecular formula is C19H43NO7Si4. The average molecular weight is 510 g/mol. The highest BCUT2D eigenvalue weighted by Crippen LogP contribution is 2.29. The van der Waals surface area contributed by atoms with E-state index in [0.29, 0.717) is 12.5 Å². The zero-order valence-corrected chi connectivity index (χ0v) is 25.0. The van der Waals surface area contributed by atoms with Crippen molar-refractivity contribution in [3.63, 3.8) is 0 Å². The van der Waals surface area contributed by atoms with Crippen LogP contribution >= 0.6 is 0 Å². The van der Waals surface area contributed by atoms with Crippen molar-refractivity contribution in [3.8, 4) is 0 Å². The maximum atomic E-state index is 11.9. The molecule has 12 heteroatoms. The van der Waals surface area contributed by atoms with E-state index in [9.17, 15) is 9.59 Å². The Morgan fingerprint density at radius 2 is 1.26 bits per heavy atom. The third kappa shape index (κ3) is 17.5. The van der Waals surface area contributed by atoms with E-state index in [-0.39, 0.29) is 19.8 Å². The number of allylic oxidation sites excluding steroid dienone is 1. The molecule has 0 aliphatic carbocycles. The molecule has 0 atom stereocenters. The molecule has 8 nitrogen and oxygen atoms in total. The summed E-state index contributed by atoms with van der Waals surface area (Å²) in [5.74, 6) is -0.439. The number of nitrogens with one attached hydrogen (secondary N) is 1. The second-order valence-corrected chi connectivity index (χ2v) is 27.1. The molecule has 0 spiro atoms. The third-order valence-corrected chi connectivity index (χ3v) is 15.2. The summed E-state index contributed by atoms with van der Waals surface area (Å²) >= 11 is 0. The van der Waals surface area contributed by atoms with Gasteiger partial charge in [0.25, 0.3) is 0 Å². The van der Waals surface area contributed by atoms with Crippen LogP contribution in [0.3, 0.4) is 0 Å². The Balaban J connectivity index is 4.80. The van der Waals surface area contributed by atoms with E-state index in [1.54, 1.807) is 13.0 Å². The van der Waals surface area contributed by atoms with E-state index in [1.165, 1.54) is 6.08 Å². The van der Waals surface area contributed by atoms with Crippen molar-refractivity contribution in [1.82, 2.24) is 5.32 Å². The van der Waals surface area contributed by atoms with Crippen LogP contribution < -0.4 is 5.32 Å². The molecule has 1 amide bonds. The first-order chi connectivity index (χ1) is 14.0. The van der Waals surface area contributed by atoms with Gasteiger partial charge in [-0.2, -0.15) is 0 Å². The molecule has 1 N–H and O–H groups in total. The lowest BCUT2D eigenvalue weighted by Crippen LogP contribution is -2.60. The van der Waals surface area contributed by atoms with Crippen molar-refractivity contribution >= 4 is 45.8 Å². The Labute approximate surface area is 192 Å². The highest BCUT2D eigenvalue weighted by atomic mass is 28.5. The summed E-state index contributed by atoms with van der Waals surface area (Å²) in [5, 5.41) is 2.57. The van der Waals surface area contributed by atoms with Crippen LogP contribution in [-0.4, -0.2) is 65.6 Å². The third-order valence-electron chi connectivity index (χ3n) is 3.16. The molecule has 0 saturated heterocycles. The van der Waals surface area contributed by atoms with Crippen molar-refractivity contribution in [2.24, 2.45) is 0 Å². The lowest BCUT2D eigenvalue weighted by molar-refractivity contribution is -0.137. The molecule has 0 heterocycles. The largest absolute Gasteiger partial charge is 0.469 e. The van der Waals surface area contributed by atoms with Gasteiger partial charge in [-0.25, -0.2) is 9.59 Å². The van der Waals surface area contributed by atoms with E-state index < -0.39 is 45.8 Å². The summed E-state index contributed by atoms with van der Waals surface area (Å²) < 4.78 is 30.0. The molecule has 0 aromatic heterocycles. The van der Waals surface area contributed by atoms with Crippen LogP contribution in [0.1, 0.15) is 13.3 Å². The van der Waals surface area contributed by atoms with E-state index in [1.807, 2.05) is 0 Å². The summed E-state index contributed by atoms with van der Waals surface area (Å²) in [4.78, 5) is 23.1. The molecule has 0 radical (unpaired) electrons. The molecule has 0 unspecified atom stereocenters. The van der Waals surface area contributed by atoms with Gasteiger partial charge in [0, 0.05) is 12.1 Å². The number of carbonyl (C=O) groups is 2. The first-order valence-electron chi connectivity index (χ1n) is 10.8. The Hall–Kier alpha value is -0.772. The molecule has 0 saturated carbocycles. The lowest BCUT2D eigenvalue weighted by Gasteiger charge is -2.42. The van der Waals surface area contributed by atoms with E-state index in [4.69, 9.17) is 21.8 Å². The van der Waals surface area contributed by atoms with Gasteiger partial charge in [-0.3, -0.25) is 0 Å². The van der Waals surface area contributed by atoms with Gasteiger partial charge >= 0.3 is 20.9 Å². The zero-order chi connectivity index (χ0) is 24.3. The number of hydrogen-bond donors (Lipinski definition) is 1. The zero-order valence-electron chi connectivity index (χ0n) is 21.0. The van der Waals surface area contributed by atoms with Gasteiger partial charge in [0.15, 0.2) is 25.0 Å². The van der Waals surface area contributed by atoms with Gasteiger partial charge in [-0.15, -0.1) is 0 Å². The topological polar surface area (TPSA) is 92.3 Å². The number of hydrogen-bond acceptors (Lipinski definition) is 7. The first kappa shape index (κ1) is 30.2. The Bertz CT molecular complexity index is 555. The van der Waals surface area contributed by atoms with Crippen LogP contribution in [-0.2, 0) is 26.6 Å². The SMILES string of the molecule is CC=CC(=O)OCCNC(=O)OCCC[Si](O[Si](C)(C)C)(O[Si](C)(C)C)O[Si](C)(C)C. The normalized spacial score (nSPS) is 13.4. The van der Waals surface area contributed by atoms with Gasteiger partial charge < -0.3 is 27.1 Å². The molecule has 0 aliphatic rings. The minimum Gasteiger partial charge on any atom is -0.461 e. The van der Waals surface area contributed by atoms with Crippen molar-refractivity contribution in [3.05, 3.63) is 12.2 Å². The number of alkyl carbamates (subject to hydrolysis) is 1.